The molecule has 0 bridgehead atoms. The average molecular weight is 601 g/mol. The average Bonchev–Trinajstić information content (AvgIpc) is 3.01. The number of unbranched alkanes of at least 4 members (excludes halogenated alkanes) is 7. The molecule has 0 heterocycles. The van der Waals surface area contributed by atoms with Gasteiger partial charge >= 0.3 is 11.9 Å². The van der Waals surface area contributed by atoms with Gasteiger partial charge in [-0.2, -0.15) is 0 Å². The van der Waals surface area contributed by atoms with E-state index in [-0.39, 0.29) is 18.1 Å². The molecule has 43 heavy (non-hydrogen) atoms. The summed E-state index contributed by atoms with van der Waals surface area (Å²) in [5.74, 6) is -0.816. The molecule has 0 spiro atoms. The number of hydrogen-bond donors (Lipinski definition) is 0. The molecule has 0 amide bonds. The highest BCUT2D eigenvalue weighted by Crippen LogP contribution is 2.30. The molecular formula is C36H50F2O5. The predicted molar refractivity (Wildman–Crippen MR) is 166 cm³/mol. The van der Waals surface area contributed by atoms with E-state index in [0.717, 1.165) is 63.4 Å². The fraction of sp³-hybridized carbons (Fsp3) is 0.611. The Kier molecular flexibility index (Phi) is 15.5. The smallest absolute Gasteiger partial charge is 0.346 e. The highest BCUT2D eigenvalue weighted by atomic mass is 19.1. The van der Waals surface area contributed by atoms with Crippen LogP contribution in [0.1, 0.15) is 126 Å². The van der Waals surface area contributed by atoms with Crippen molar-refractivity contribution in [2.75, 3.05) is 6.61 Å². The third-order valence-electron chi connectivity index (χ3n) is 8.30. The number of aryl methyl sites for hydroxylation is 1. The molecule has 1 fully saturated rings. The van der Waals surface area contributed by atoms with Gasteiger partial charge in [-0.15, -0.1) is 0 Å². The quantitative estimate of drug-likeness (QED) is 0.0912. The molecule has 0 saturated heterocycles. The zero-order valence-corrected chi connectivity index (χ0v) is 26.1. The molecule has 0 aromatic heterocycles. The molecule has 1 aliphatic carbocycles. The first-order chi connectivity index (χ1) is 20.9. The zero-order valence-electron chi connectivity index (χ0n) is 26.1. The number of halogens is 2. The van der Waals surface area contributed by atoms with E-state index < -0.39 is 23.9 Å². The Labute approximate surface area is 256 Å². The highest BCUT2D eigenvalue weighted by molar-refractivity contribution is 5.91. The van der Waals surface area contributed by atoms with Crippen molar-refractivity contribution in [3.8, 4) is 11.5 Å². The van der Waals surface area contributed by atoms with Gasteiger partial charge in [0, 0.05) is 6.07 Å². The Morgan fingerprint density at radius 2 is 1.49 bits per heavy atom. The van der Waals surface area contributed by atoms with E-state index in [1.807, 2.05) is 19.1 Å². The summed E-state index contributed by atoms with van der Waals surface area (Å²) >= 11 is 0. The van der Waals surface area contributed by atoms with Crippen LogP contribution in [-0.4, -0.2) is 30.8 Å². The van der Waals surface area contributed by atoms with E-state index >= 15 is 0 Å². The van der Waals surface area contributed by atoms with Gasteiger partial charge in [-0.1, -0.05) is 77.3 Å². The Balaban J connectivity index is 1.34. The van der Waals surface area contributed by atoms with Gasteiger partial charge in [0.05, 0.1) is 12.2 Å². The maximum Gasteiger partial charge on any atom is 0.346 e. The standard InChI is InChI=1S/C36H50F2O5/c1-3-5-7-8-9-10-11-25-41-31-23-24-32(34(38)26-31)35(39)42-29-19-15-27(16-20-29)13-14-28-17-21-30(22-18-28)43-36(40)33(37)12-6-4-2/h15-16,19-20,23-24,26,28,30,33H,3-14,17-18,21-22,25H2,1-2H3/t28?,30?,33-/m0/s1. The van der Waals surface area contributed by atoms with Crippen molar-refractivity contribution in [1.29, 1.82) is 0 Å². The molecule has 0 aliphatic heterocycles. The molecule has 2 aromatic carbocycles. The van der Waals surface area contributed by atoms with Gasteiger partial charge in [-0.25, -0.2) is 18.4 Å². The molecule has 1 atom stereocenters. The third kappa shape index (κ3) is 12.7. The van der Waals surface area contributed by atoms with Crippen molar-refractivity contribution in [2.45, 2.75) is 129 Å². The van der Waals surface area contributed by atoms with Crippen molar-refractivity contribution in [3.05, 3.63) is 59.4 Å². The zero-order chi connectivity index (χ0) is 30.9. The lowest BCUT2D eigenvalue weighted by molar-refractivity contribution is -0.157. The van der Waals surface area contributed by atoms with Crippen LogP contribution in [0.2, 0.25) is 0 Å². The van der Waals surface area contributed by atoms with Crippen LogP contribution in [0.15, 0.2) is 42.5 Å². The highest BCUT2D eigenvalue weighted by Gasteiger charge is 2.27. The predicted octanol–water partition coefficient (Wildman–Crippen LogP) is 9.74. The summed E-state index contributed by atoms with van der Waals surface area (Å²) in [5.41, 5.74) is 0.995. The van der Waals surface area contributed by atoms with Crippen LogP contribution < -0.4 is 9.47 Å². The van der Waals surface area contributed by atoms with Crippen molar-refractivity contribution < 1.29 is 32.6 Å². The number of alkyl halides is 1. The fourth-order valence-electron chi connectivity index (χ4n) is 5.53. The fourth-order valence-corrected chi connectivity index (χ4v) is 5.53. The topological polar surface area (TPSA) is 61.8 Å². The minimum Gasteiger partial charge on any atom is -0.493 e. The lowest BCUT2D eigenvalue weighted by atomic mass is 9.83. The molecule has 238 valence electrons. The van der Waals surface area contributed by atoms with Crippen LogP contribution in [0.25, 0.3) is 0 Å². The van der Waals surface area contributed by atoms with Gasteiger partial charge in [-0.05, 0) is 87.1 Å². The van der Waals surface area contributed by atoms with Gasteiger partial charge in [0.15, 0.2) is 6.17 Å². The Hall–Kier alpha value is -2.96. The van der Waals surface area contributed by atoms with Crippen molar-refractivity contribution in [2.24, 2.45) is 5.92 Å². The molecular weight excluding hydrogens is 550 g/mol. The first-order valence-electron chi connectivity index (χ1n) is 16.5. The van der Waals surface area contributed by atoms with Crippen LogP contribution >= 0.6 is 0 Å². The van der Waals surface area contributed by atoms with Crippen LogP contribution in [0.3, 0.4) is 0 Å². The molecule has 2 aromatic rings. The summed E-state index contributed by atoms with van der Waals surface area (Å²) in [6, 6.07) is 11.6. The summed E-state index contributed by atoms with van der Waals surface area (Å²) in [6.45, 7) is 4.70. The Morgan fingerprint density at radius 1 is 0.837 bits per heavy atom. The van der Waals surface area contributed by atoms with Crippen LogP contribution in [0.5, 0.6) is 11.5 Å². The summed E-state index contributed by atoms with van der Waals surface area (Å²) < 4.78 is 45.0. The maximum atomic E-state index is 14.6. The molecule has 0 unspecified atom stereocenters. The molecule has 0 N–H and O–H groups in total. The van der Waals surface area contributed by atoms with E-state index in [1.54, 1.807) is 18.2 Å². The second-order valence-corrected chi connectivity index (χ2v) is 11.9. The van der Waals surface area contributed by atoms with E-state index in [9.17, 15) is 18.4 Å². The first-order valence-corrected chi connectivity index (χ1v) is 16.5. The number of carbonyl (C=O) groups excluding carboxylic acids is 2. The van der Waals surface area contributed by atoms with Crippen LogP contribution in [-0.2, 0) is 16.0 Å². The minimum absolute atomic E-state index is 0.128. The van der Waals surface area contributed by atoms with Gasteiger partial charge in [0.2, 0.25) is 0 Å². The number of carbonyl (C=O) groups is 2. The second kappa shape index (κ2) is 19.3. The van der Waals surface area contributed by atoms with E-state index in [1.165, 1.54) is 44.2 Å². The van der Waals surface area contributed by atoms with Crippen LogP contribution in [0.4, 0.5) is 8.78 Å². The number of rotatable bonds is 19. The number of benzene rings is 2. The van der Waals surface area contributed by atoms with E-state index in [2.05, 4.69) is 6.92 Å². The minimum atomic E-state index is -1.51. The SMILES string of the molecule is CCCCCCCCCOc1ccc(C(=O)Oc2ccc(CCC3CCC(OC(=O)[C@@H](F)CCCC)CC3)cc2)c(F)c1. The Bertz CT molecular complexity index is 1100. The largest absolute Gasteiger partial charge is 0.493 e. The molecule has 1 saturated carbocycles. The van der Waals surface area contributed by atoms with Crippen LogP contribution in [0, 0.1) is 11.7 Å². The third-order valence-corrected chi connectivity index (χ3v) is 8.30. The van der Waals surface area contributed by atoms with Crippen molar-refractivity contribution in [1.82, 2.24) is 0 Å². The van der Waals surface area contributed by atoms with Gasteiger partial charge in [0.25, 0.3) is 0 Å². The van der Waals surface area contributed by atoms with Crippen molar-refractivity contribution in [3.63, 3.8) is 0 Å². The first kappa shape index (κ1) is 34.5. The monoisotopic (exact) mass is 600 g/mol. The molecule has 0 radical (unpaired) electrons. The Morgan fingerprint density at radius 3 is 2.16 bits per heavy atom. The summed E-state index contributed by atoms with van der Waals surface area (Å²) in [5, 5.41) is 0. The lowest BCUT2D eigenvalue weighted by Crippen LogP contribution is -2.29. The molecule has 3 rings (SSSR count). The normalized spacial score (nSPS) is 17.3. The molecule has 1 aliphatic rings. The van der Waals surface area contributed by atoms with Gasteiger partial charge in [0.1, 0.15) is 23.4 Å². The summed E-state index contributed by atoms with van der Waals surface area (Å²) in [6.07, 6.45) is 13.7. The molecule has 5 nitrogen and oxygen atoms in total. The van der Waals surface area contributed by atoms with Gasteiger partial charge in [-0.3, -0.25) is 0 Å². The lowest BCUT2D eigenvalue weighted by Gasteiger charge is -2.28. The maximum absolute atomic E-state index is 14.6. The summed E-state index contributed by atoms with van der Waals surface area (Å²) in [7, 11) is 0. The molecule has 7 heteroatoms. The number of ether oxygens (including phenoxy) is 3. The number of esters is 2. The number of hydrogen-bond acceptors (Lipinski definition) is 5. The van der Waals surface area contributed by atoms with E-state index in [4.69, 9.17) is 14.2 Å². The second-order valence-electron chi connectivity index (χ2n) is 11.9. The van der Waals surface area contributed by atoms with E-state index in [0.29, 0.717) is 30.4 Å². The van der Waals surface area contributed by atoms with Crippen molar-refractivity contribution >= 4 is 11.9 Å². The summed E-state index contributed by atoms with van der Waals surface area (Å²) in [4.78, 5) is 24.5. The van der Waals surface area contributed by atoms with Gasteiger partial charge < -0.3 is 14.2 Å².